The van der Waals surface area contributed by atoms with Crippen LogP contribution in [0.15, 0.2) is 24.3 Å². The number of nitrogens with one attached hydrogen (secondary N) is 3. The smallest absolute Gasteiger partial charge is 0.677 e. The average Bonchev–Trinajstić information content (AvgIpc) is 3.05. The molecule has 0 bridgehead atoms. The molecule has 23 heavy (non-hydrogen) atoms. The van der Waals surface area contributed by atoms with Crippen molar-refractivity contribution >= 4 is 15.0 Å². The van der Waals surface area contributed by atoms with Crippen LogP contribution >= 0.6 is 0 Å². The Balaban J connectivity index is -0.000000105. The Kier molecular flexibility index (Phi) is 45.6. The van der Waals surface area contributed by atoms with E-state index < -0.39 is 9.85 Å². The van der Waals surface area contributed by atoms with Crippen LogP contribution in [0.1, 0.15) is 59.3 Å². The molecule has 1 aromatic carbocycles. The van der Waals surface area contributed by atoms with Crippen LogP contribution in [0.2, 0.25) is 0 Å². The minimum absolute atomic E-state index is 0. The normalized spacial score (nSPS) is 8.83. The van der Waals surface area contributed by atoms with Gasteiger partial charge in [0.2, 0.25) is 0 Å². The van der Waals surface area contributed by atoms with Gasteiger partial charge in [0.05, 0.1) is 0 Å². The number of hydrogen-bond acceptors (Lipinski definition) is 0. The van der Waals surface area contributed by atoms with Gasteiger partial charge in [-0.25, -0.2) is 12.1 Å². The summed E-state index contributed by atoms with van der Waals surface area (Å²) in [4.78, 5) is 0. The zero-order valence-electron chi connectivity index (χ0n) is 15.3. The third kappa shape index (κ3) is 39.2. The van der Waals surface area contributed by atoms with E-state index in [1.54, 1.807) is 0 Å². The van der Waals surface area contributed by atoms with Crippen LogP contribution in [-0.2, 0) is 26.2 Å². The van der Waals surface area contributed by atoms with Gasteiger partial charge in [-0.2, -0.15) is 31.8 Å². The fourth-order valence-electron chi connectivity index (χ4n) is 1.03. The molecule has 0 fully saturated rings. The summed E-state index contributed by atoms with van der Waals surface area (Å²) in [6.07, 6.45) is 6.64. The first-order chi connectivity index (χ1) is 10.7. The van der Waals surface area contributed by atoms with Gasteiger partial charge in [-0.3, -0.25) is 0 Å². The minimum atomic E-state index is -1.37. The summed E-state index contributed by atoms with van der Waals surface area (Å²) in [6.45, 7) is 8.06. The zero-order chi connectivity index (χ0) is 17.5. The Morgan fingerprint density at radius 1 is 0.783 bits per heavy atom. The van der Waals surface area contributed by atoms with Gasteiger partial charge in [-0.05, 0) is 0 Å². The summed E-state index contributed by atoms with van der Waals surface area (Å²) in [5, 5.41) is 0.903. The van der Waals surface area contributed by atoms with E-state index in [0.717, 1.165) is 43.7 Å². The molecule has 0 aromatic heterocycles. The molecule has 0 aliphatic rings. The maximum absolute atomic E-state index is 11.7. The van der Waals surface area contributed by atoms with E-state index >= 15 is 0 Å². The van der Waals surface area contributed by atoms with E-state index in [9.17, 15) is 4.11 Å². The Bertz CT molecular complexity index is 230. The summed E-state index contributed by atoms with van der Waals surface area (Å²) >= 11 is 0. The fraction of sp³-hybridized carbons (Fsp3) is 0.706. The molecule has 0 aliphatic carbocycles. The van der Waals surface area contributed by atoms with Crippen molar-refractivity contribution in [1.29, 1.82) is 0 Å². The number of halogens is 1. The summed E-state index contributed by atoms with van der Waals surface area (Å²) in [7, 11) is -1.37. The largest absolute Gasteiger partial charge is 4.00 e. The van der Waals surface area contributed by atoms with Crippen molar-refractivity contribution in [3.05, 3.63) is 41.5 Å². The molecule has 0 unspecified atom stereocenters. The molecule has 0 atom stereocenters. The quantitative estimate of drug-likeness (QED) is 0.313. The van der Waals surface area contributed by atoms with E-state index in [1.807, 2.05) is 24.3 Å². The van der Waals surface area contributed by atoms with Gasteiger partial charge in [0, 0.05) is 0 Å². The molecule has 134 valence electrons. The molecule has 0 saturated heterocycles. The van der Waals surface area contributed by atoms with Gasteiger partial charge < -0.3 is 21.3 Å². The van der Waals surface area contributed by atoms with Gasteiger partial charge in [-0.1, -0.05) is 59.3 Å². The van der Waals surface area contributed by atoms with E-state index in [0.29, 0.717) is 19.6 Å². The maximum Gasteiger partial charge on any atom is 4.00 e. The molecule has 3 N–H and O–H groups in total. The summed E-state index contributed by atoms with van der Waals surface area (Å²) in [5.41, 5.74) is 19.8. The second kappa shape index (κ2) is 33.8. The van der Waals surface area contributed by atoms with Crippen molar-refractivity contribution in [2.24, 2.45) is 0 Å². The Morgan fingerprint density at radius 2 is 1.09 bits per heavy atom. The van der Waals surface area contributed by atoms with E-state index in [-0.39, 0.29) is 26.2 Å². The van der Waals surface area contributed by atoms with Crippen molar-refractivity contribution in [3.63, 3.8) is 0 Å². The predicted molar refractivity (Wildman–Crippen MR) is 104 cm³/mol. The minimum Gasteiger partial charge on any atom is -0.677 e. The average molecular weight is 421 g/mol. The van der Waals surface area contributed by atoms with Crippen molar-refractivity contribution < 1.29 is 30.3 Å². The van der Waals surface area contributed by atoms with Gasteiger partial charge >= 0.3 is 26.2 Å². The van der Waals surface area contributed by atoms with Crippen LogP contribution in [0.4, 0.5) is 4.11 Å². The molecule has 0 aliphatic heterocycles. The van der Waals surface area contributed by atoms with Crippen LogP contribution in [0, 0.1) is 0 Å². The Hall–Kier alpha value is 0.260. The van der Waals surface area contributed by atoms with Gasteiger partial charge in [0.1, 0.15) is 0 Å². The standard InChI is InChI=1S/C5H6FSi.3C4H10N.Zr/c6-7-5-3-1-2-4-5;3*1-2-3-4-5;/h1-4H,7H2;3*5H,2-4H2,1H3;/q4*-1;+4. The SMILES string of the molecule is CCCC[NH-].CCCC[NH-].CCCC[NH-].F[SiH2][c-]1cccc1.[Zr+4]. The van der Waals surface area contributed by atoms with Crippen molar-refractivity contribution in [2.75, 3.05) is 19.6 Å². The van der Waals surface area contributed by atoms with E-state index in [4.69, 9.17) is 17.2 Å². The topological polar surface area (TPSA) is 71.4 Å². The Morgan fingerprint density at radius 3 is 1.17 bits per heavy atom. The summed E-state index contributed by atoms with van der Waals surface area (Å²) in [5.74, 6) is 0. The van der Waals surface area contributed by atoms with Crippen LogP contribution in [0.5, 0.6) is 0 Å². The zero-order valence-corrected chi connectivity index (χ0v) is 19.1. The molecule has 0 radical (unpaired) electrons. The first kappa shape index (κ1) is 31.1. The molecule has 1 rings (SSSR count). The molecule has 0 amide bonds. The predicted octanol–water partition coefficient (Wildman–Crippen LogP) is 5.60. The van der Waals surface area contributed by atoms with Gasteiger partial charge in [-0.15, -0.1) is 5.19 Å². The molecule has 1 aromatic rings. The molecular formula is C17H36FN3SiZr. The maximum atomic E-state index is 11.7. The van der Waals surface area contributed by atoms with E-state index in [1.165, 1.54) is 0 Å². The second-order valence-corrected chi connectivity index (χ2v) is 5.82. The first-order valence-corrected chi connectivity index (χ1v) is 9.62. The van der Waals surface area contributed by atoms with Crippen LogP contribution in [-0.4, -0.2) is 29.5 Å². The summed E-state index contributed by atoms with van der Waals surface area (Å²) in [6, 6.07) is 7.38. The molecule has 0 saturated carbocycles. The molecular weight excluding hydrogens is 385 g/mol. The van der Waals surface area contributed by atoms with Crippen LogP contribution in [0.3, 0.4) is 0 Å². The molecule has 3 nitrogen and oxygen atoms in total. The first-order valence-electron chi connectivity index (χ1n) is 8.38. The van der Waals surface area contributed by atoms with Crippen molar-refractivity contribution in [2.45, 2.75) is 59.3 Å². The third-order valence-corrected chi connectivity index (χ3v) is 3.26. The monoisotopic (exact) mass is 419 g/mol. The fourth-order valence-corrected chi connectivity index (χ4v) is 1.48. The molecule has 0 heterocycles. The molecule has 0 spiro atoms. The van der Waals surface area contributed by atoms with E-state index in [2.05, 4.69) is 20.8 Å². The number of rotatable bonds is 7. The van der Waals surface area contributed by atoms with Gasteiger partial charge in [0.25, 0.3) is 0 Å². The van der Waals surface area contributed by atoms with Crippen LogP contribution in [0.25, 0.3) is 17.2 Å². The van der Waals surface area contributed by atoms with Crippen LogP contribution < -0.4 is 5.19 Å². The number of hydrogen-bond donors (Lipinski definition) is 0. The van der Waals surface area contributed by atoms with Crippen molar-refractivity contribution in [1.82, 2.24) is 0 Å². The second-order valence-electron chi connectivity index (χ2n) is 4.74. The summed E-state index contributed by atoms with van der Waals surface area (Å²) < 4.78 is 11.7. The number of unbranched alkanes of at least 4 members (excludes halogenated alkanes) is 3. The van der Waals surface area contributed by atoms with Gasteiger partial charge in [0.15, 0.2) is 9.85 Å². The Labute approximate surface area is 165 Å². The third-order valence-electron chi connectivity index (χ3n) is 2.48. The van der Waals surface area contributed by atoms with Crippen molar-refractivity contribution in [3.8, 4) is 0 Å². The molecule has 6 heteroatoms.